The molecule has 1 aliphatic heterocycles. The maximum atomic E-state index is 13.0. The van der Waals surface area contributed by atoms with Crippen LogP contribution < -0.4 is 5.73 Å². The number of likely N-dealkylation sites (tertiary alicyclic amines) is 1. The number of likely N-dealkylation sites (N-methyl/N-ethyl adjacent to an activating group) is 2. The Bertz CT molecular complexity index is 800. The smallest absolute Gasteiger partial charge is 0.241 e. The van der Waals surface area contributed by atoms with E-state index in [1.807, 2.05) is 4.90 Å². The molecular weight excluding hydrogens is 332 g/mol. The first-order valence-electron chi connectivity index (χ1n) is 8.65. The molecule has 0 radical (unpaired) electrons. The van der Waals surface area contributed by atoms with Crippen LogP contribution in [0.4, 0.5) is 0 Å². The third kappa shape index (κ3) is 3.15. The second kappa shape index (κ2) is 7.01. The number of allylic oxidation sites excluding steroid dienone is 2. The number of nitrogens with zero attached hydrogens (tertiary/aromatic N) is 3. The molecule has 26 heavy (non-hydrogen) atoms. The van der Waals surface area contributed by atoms with E-state index in [-0.39, 0.29) is 41.5 Å². The number of carbonyl (C=O) groups excluding carboxylic acids is 3. The Morgan fingerprint density at radius 3 is 2.19 bits per heavy atom. The predicted molar refractivity (Wildman–Crippen MR) is 97.6 cm³/mol. The number of fused-ring (bicyclic) bond motifs is 1. The van der Waals surface area contributed by atoms with Crippen LogP contribution in [0.15, 0.2) is 35.7 Å². The average molecular weight is 356 g/mol. The maximum Gasteiger partial charge on any atom is 0.241 e. The van der Waals surface area contributed by atoms with E-state index < -0.39 is 0 Å². The number of benzene rings is 1. The van der Waals surface area contributed by atoms with Crippen LogP contribution in [0, 0.1) is 0 Å². The lowest BCUT2D eigenvalue weighted by Crippen LogP contribution is -2.43. The van der Waals surface area contributed by atoms with E-state index in [1.54, 1.807) is 50.3 Å². The lowest BCUT2D eigenvalue weighted by atomic mass is 9.89. The molecule has 1 heterocycles. The molecule has 1 amide bonds. The minimum absolute atomic E-state index is 0.0782. The van der Waals surface area contributed by atoms with Crippen LogP contribution in [0.3, 0.4) is 0 Å². The van der Waals surface area contributed by atoms with Crippen LogP contribution >= 0.6 is 0 Å². The number of carbonyl (C=O) groups is 3. The minimum atomic E-state index is -0.308. The molecule has 0 unspecified atom stereocenters. The van der Waals surface area contributed by atoms with Crippen molar-refractivity contribution in [2.24, 2.45) is 5.73 Å². The summed E-state index contributed by atoms with van der Waals surface area (Å²) in [6.45, 7) is 1.60. The first-order chi connectivity index (χ1) is 12.3. The summed E-state index contributed by atoms with van der Waals surface area (Å²) in [6, 6.07) is 6.79. The Kier molecular flexibility index (Phi) is 4.93. The Labute approximate surface area is 153 Å². The van der Waals surface area contributed by atoms with Crippen LogP contribution in [0.1, 0.15) is 27.1 Å². The third-order valence-corrected chi connectivity index (χ3v) is 4.90. The fourth-order valence-corrected chi connectivity index (χ4v) is 3.50. The molecule has 1 aromatic carbocycles. The van der Waals surface area contributed by atoms with Crippen molar-refractivity contribution >= 4 is 17.5 Å². The van der Waals surface area contributed by atoms with Gasteiger partial charge < -0.3 is 15.5 Å². The molecule has 0 spiro atoms. The van der Waals surface area contributed by atoms with Gasteiger partial charge in [0.05, 0.1) is 6.54 Å². The number of amides is 1. The summed E-state index contributed by atoms with van der Waals surface area (Å²) in [6.07, 6.45) is 0.855. The zero-order chi connectivity index (χ0) is 19.0. The van der Waals surface area contributed by atoms with E-state index in [0.29, 0.717) is 17.7 Å². The lowest BCUT2D eigenvalue weighted by molar-refractivity contribution is -0.129. The standard InChI is InChI=1S/C19H24N4O3/c1-21(2)16-17(19(26)14-7-5-4-6-13(14)18(16)25)22(3)15(24)11-23-9-8-12(20)10-23/h4-7,12H,8-11,20H2,1-3H3/t12-/m1/s1. The summed E-state index contributed by atoms with van der Waals surface area (Å²) in [5.74, 6) is -0.783. The first-order valence-corrected chi connectivity index (χ1v) is 8.65. The van der Waals surface area contributed by atoms with Gasteiger partial charge in [0.25, 0.3) is 0 Å². The van der Waals surface area contributed by atoms with Gasteiger partial charge in [0.15, 0.2) is 0 Å². The highest BCUT2D eigenvalue weighted by molar-refractivity contribution is 6.27. The maximum absolute atomic E-state index is 13.0. The first kappa shape index (κ1) is 18.3. The molecule has 2 N–H and O–H groups in total. The molecule has 1 aliphatic carbocycles. The highest BCUT2D eigenvalue weighted by atomic mass is 16.2. The molecule has 0 aromatic heterocycles. The van der Waals surface area contributed by atoms with Crippen LogP contribution in [-0.4, -0.2) is 79.0 Å². The van der Waals surface area contributed by atoms with E-state index in [2.05, 4.69) is 0 Å². The molecule has 7 nitrogen and oxygen atoms in total. The SMILES string of the molecule is CN(C)C1=C(N(C)C(=O)CN2CC[C@@H](N)C2)C(=O)c2ccccc2C1=O. The van der Waals surface area contributed by atoms with E-state index in [9.17, 15) is 14.4 Å². The van der Waals surface area contributed by atoms with E-state index in [1.165, 1.54) is 4.90 Å². The molecule has 1 atom stereocenters. The second-order valence-electron chi connectivity index (χ2n) is 7.03. The molecule has 2 aliphatic rings. The van der Waals surface area contributed by atoms with Crippen LogP contribution in [-0.2, 0) is 4.79 Å². The van der Waals surface area contributed by atoms with E-state index in [0.717, 1.165) is 13.0 Å². The van der Waals surface area contributed by atoms with Crippen LogP contribution in [0.25, 0.3) is 0 Å². The molecule has 138 valence electrons. The normalized spacial score (nSPS) is 20.4. The monoisotopic (exact) mass is 356 g/mol. The van der Waals surface area contributed by atoms with Crippen molar-refractivity contribution in [3.05, 3.63) is 46.8 Å². The average Bonchev–Trinajstić information content (AvgIpc) is 3.01. The van der Waals surface area contributed by atoms with Gasteiger partial charge in [-0.1, -0.05) is 24.3 Å². The van der Waals surface area contributed by atoms with Crippen molar-refractivity contribution in [1.29, 1.82) is 0 Å². The zero-order valence-electron chi connectivity index (χ0n) is 15.4. The fourth-order valence-electron chi connectivity index (χ4n) is 3.50. The number of ketones is 2. The van der Waals surface area contributed by atoms with Crippen LogP contribution in [0.2, 0.25) is 0 Å². The number of rotatable bonds is 4. The molecule has 1 aromatic rings. The summed E-state index contributed by atoms with van der Waals surface area (Å²) in [4.78, 5) is 43.6. The Hall–Kier alpha value is -2.51. The quantitative estimate of drug-likeness (QED) is 0.837. The van der Waals surface area contributed by atoms with Gasteiger partial charge in [0.1, 0.15) is 11.4 Å². The number of hydrogen-bond acceptors (Lipinski definition) is 6. The molecular formula is C19H24N4O3. The highest BCUT2D eigenvalue weighted by Crippen LogP contribution is 2.29. The number of nitrogens with two attached hydrogens (primary N) is 1. The summed E-state index contributed by atoms with van der Waals surface area (Å²) < 4.78 is 0. The molecule has 1 fully saturated rings. The van der Waals surface area contributed by atoms with E-state index in [4.69, 9.17) is 5.73 Å². The van der Waals surface area contributed by atoms with E-state index >= 15 is 0 Å². The summed E-state index contributed by atoms with van der Waals surface area (Å²) >= 11 is 0. The number of hydrogen-bond donors (Lipinski definition) is 1. The van der Waals surface area contributed by atoms with Gasteiger partial charge in [0.2, 0.25) is 17.5 Å². The van der Waals surface area contributed by atoms with Crippen molar-refractivity contribution in [3.8, 4) is 0 Å². The third-order valence-electron chi connectivity index (χ3n) is 4.90. The minimum Gasteiger partial charge on any atom is -0.373 e. The van der Waals surface area contributed by atoms with Gasteiger partial charge in [-0.25, -0.2) is 0 Å². The Morgan fingerprint density at radius 2 is 1.69 bits per heavy atom. The Morgan fingerprint density at radius 1 is 1.12 bits per heavy atom. The highest BCUT2D eigenvalue weighted by Gasteiger charge is 2.37. The predicted octanol–water partition coefficient (Wildman–Crippen LogP) is 0.330. The van der Waals surface area contributed by atoms with Crippen LogP contribution in [0.5, 0.6) is 0 Å². The van der Waals surface area contributed by atoms with Gasteiger partial charge in [-0.2, -0.15) is 0 Å². The van der Waals surface area contributed by atoms with Gasteiger partial charge >= 0.3 is 0 Å². The molecule has 3 rings (SSSR count). The Balaban J connectivity index is 1.94. The van der Waals surface area contributed by atoms with Crippen molar-refractivity contribution in [2.45, 2.75) is 12.5 Å². The van der Waals surface area contributed by atoms with Gasteiger partial charge in [-0.3, -0.25) is 19.3 Å². The molecule has 0 bridgehead atoms. The lowest BCUT2D eigenvalue weighted by Gasteiger charge is -2.31. The molecule has 1 saturated heterocycles. The number of Topliss-reactive ketones (excluding diaryl/α,β-unsaturated/α-hetero) is 2. The second-order valence-corrected chi connectivity index (χ2v) is 7.03. The summed E-state index contributed by atoms with van der Waals surface area (Å²) in [7, 11) is 4.95. The summed E-state index contributed by atoms with van der Waals surface area (Å²) in [5, 5.41) is 0. The van der Waals surface area contributed by atoms with Gasteiger partial charge in [-0.05, 0) is 6.42 Å². The van der Waals surface area contributed by atoms with Crippen molar-refractivity contribution < 1.29 is 14.4 Å². The van der Waals surface area contributed by atoms with Gasteiger partial charge in [-0.15, -0.1) is 0 Å². The zero-order valence-corrected chi connectivity index (χ0v) is 15.4. The largest absolute Gasteiger partial charge is 0.373 e. The molecule has 0 saturated carbocycles. The fraction of sp³-hybridized carbons (Fsp3) is 0.421. The van der Waals surface area contributed by atoms with Crippen molar-refractivity contribution in [3.63, 3.8) is 0 Å². The molecule has 7 heteroatoms. The van der Waals surface area contributed by atoms with Crippen molar-refractivity contribution in [1.82, 2.24) is 14.7 Å². The van der Waals surface area contributed by atoms with Gasteiger partial charge in [0, 0.05) is 51.4 Å². The summed E-state index contributed by atoms with van der Waals surface area (Å²) in [5.41, 5.74) is 6.97. The topological polar surface area (TPSA) is 86.9 Å². The van der Waals surface area contributed by atoms with Crippen molar-refractivity contribution in [2.75, 3.05) is 40.8 Å².